The summed E-state index contributed by atoms with van der Waals surface area (Å²) >= 11 is 5.81. The lowest BCUT2D eigenvalue weighted by molar-refractivity contribution is -0.143. The molecular weight excluding hydrogens is 272 g/mol. The molecule has 0 unspecified atom stereocenters. The van der Waals surface area contributed by atoms with E-state index in [-0.39, 0.29) is 12.0 Å². The van der Waals surface area contributed by atoms with Gasteiger partial charge < -0.3 is 9.72 Å². The SMILES string of the molecule is CCOC(=O)Cn1c(=O)[nH]c2ccc(Cl)cc2c1=O. The molecule has 0 saturated carbocycles. The predicted molar refractivity (Wildman–Crippen MR) is 70.5 cm³/mol. The van der Waals surface area contributed by atoms with Crippen molar-refractivity contribution in [2.75, 3.05) is 6.61 Å². The van der Waals surface area contributed by atoms with E-state index in [2.05, 4.69) is 4.98 Å². The summed E-state index contributed by atoms with van der Waals surface area (Å²) in [6.07, 6.45) is 0. The van der Waals surface area contributed by atoms with Gasteiger partial charge in [0.1, 0.15) is 6.54 Å². The van der Waals surface area contributed by atoms with Gasteiger partial charge in [0.05, 0.1) is 17.5 Å². The van der Waals surface area contributed by atoms with Gasteiger partial charge in [-0.2, -0.15) is 0 Å². The summed E-state index contributed by atoms with van der Waals surface area (Å²) < 4.78 is 5.50. The van der Waals surface area contributed by atoms with Crippen LogP contribution in [0.3, 0.4) is 0 Å². The molecule has 0 amide bonds. The number of nitrogens with zero attached hydrogens (tertiary/aromatic N) is 1. The molecule has 0 bridgehead atoms. The number of H-pyrrole nitrogens is 1. The lowest BCUT2D eigenvalue weighted by Crippen LogP contribution is -2.37. The van der Waals surface area contributed by atoms with Crippen LogP contribution in [0.4, 0.5) is 0 Å². The Morgan fingerprint density at radius 3 is 2.84 bits per heavy atom. The number of halogens is 1. The van der Waals surface area contributed by atoms with Crippen LogP contribution in [0.25, 0.3) is 10.9 Å². The number of benzene rings is 1. The molecule has 1 heterocycles. The molecule has 100 valence electrons. The third-order valence-corrected chi connectivity index (χ3v) is 2.77. The summed E-state index contributed by atoms with van der Waals surface area (Å²) in [5.74, 6) is -0.642. The van der Waals surface area contributed by atoms with Crippen LogP contribution in [0.1, 0.15) is 6.92 Å². The highest BCUT2D eigenvalue weighted by Crippen LogP contribution is 2.13. The number of ether oxygens (including phenoxy) is 1. The normalized spacial score (nSPS) is 10.6. The van der Waals surface area contributed by atoms with Gasteiger partial charge in [-0.15, -0.1) is 0 Å². The molecule has 0 fully saturated rings. The second-order valence-corrected chi connectivity index (χ2v) is 4.25. The van der Waals surface area contributed by atoms with Gasteiger partial charge in [0.2, 0.25) is 0 Å². The van der Waals surface area contributed by atoms with Crippen LogP contribution in [0.5, 0.6) is 0 Å². The van der Waals surface area contributed by atoms with Gasteiger partial charge in [-0.05, 0) is 25.1 Å². The van der Waals surface area contributed by atoms with Crippen LogP contribution in [0.2, 0.25) is 5.02 Å². The van der Waals surface area contributed by atoms with Crippen LogP contribution in [0, 0.1) is 0 Å². The van der Waals surface area contributed by atoms with Crippen molar-refractivity contribution in [3.63, 3.8) is 0 Å². The number of hydrogen-bond donors (Lipinski definition) is 1. The number of nitrogens with one attached hydrogen (secondary N) is 1. The van der Waals surface area contributed by atoms with Crippen LogP contribution in [-0.2, 0) is 16.1 Å². The van der Waals surface area contributed by atoms with Crippen molar-refractivity contribution in [1.29, 1.82) is 0 Å². The van der Waals surface area contributed by atoms with Crippen molar-refractivity contribution in [1.82, 2.24) is 9.55 Å². The van der Waals surface area contributed by atoms with Crippen molar-refractivity contribution in [2.24, 2.45) is 0 Å². The molecule has 0 spiro atoms. The van der Waals surface area contributed by atoms with Crippen molar-refractivity contribution >= 4 is 28.5 Å². The van der Waals surface area contributed by atoms with Gasteiger partial charge in [-0.1, -0.05) is 11.6 Å². The van der Waals surface area contributed by atoms with Crippen molar-refractivity contribution in [3.8, 4) is 0 Å². The van der Waals surface area contributed by atoms with E-state index < -0.39 is 23.8 Å². The fraction of sp³-hybridized carbons (Fsp3) is 0.250. The van der Waals surface area contributed by atoms with Gasteiger partial charge in [0.25, 0.3) is 5.56 Å². The average Bonchev–Trinajstić information content (AvgIpc) is 2.36. The maximum absolute atomic E-state index is 12.1. The van der Waals surface area contributed by atoms with Gasteiger partial charge >= 0.3 is 11.7 Å². The lowest BCUT2D eigenvalue weighted by atomic mass is 10.2. The Labute approximate surface area is 112 Å². The first-order valence-corrected chi connectivity index (χ1v) is 5.98. The maximum atomic E-state index is 12.1. The molecule has 1 N–H and O–H groups in total. The van der Waals surface area contributed by atoms with Crippen LogP contribution in [-0.4, -0.2) is 22.1 Å². The second kappa shape index (κ2) is 5.27. The topological polar surface area (TPSA) is 81.2 Å². The minimum Gasteiger partial charge on any atom is -0.465 e. The summed E-state index contributed by atoms with van der Waals surface area (Å²) in [5, 5.41) is 0.621. The standard InChI is InChI=1S/C12H11ClN2O4/c1-2-19-10(16)6-15-11(17)8-5-7(13)3-4-9(8)14-12(15)18/h3-5H,2,6H2,1H3,(H,14,18). The highest BCUT2D eigenvalue weighted by molar-refractivity contribution is 6.31. The molecule has 0 saturated heterocycles. The molecule has 2 aromatic rings. The average molecular weight is 283 g/mol. The van der Waals surface area contributed by atoms with Crippen molar-refractivity contribution in [2.45, 2.75) is 13.5 Å². The van der Waals surface area contributed by atoms with Gasteiger partial charge in [-0.25, -0.2) is 9.36 Å². The molecule has 0 aliphatic rings. The maximum Gasteiger partial charge on any atom is 0.329 e. The summed E-state index contributed by atoms with van der Waals surface area (Å²) in [5.41, 5.74) is -0.860. The van der Waals surface area contributed by atoms with E-state index in [4.69, 9.17) is 16.3 Å². The Kier molecular flexibility index (Phi) is 3.71. The quantitative estimate of drug-likeness (QED) is 0.848. The Morgan fingerprint density at radius 2 is 2.16 bits per heavy atom. The Balaban J connectivity index is 2.59. The summed E-state index contributed by atoms with van der Waals surface area (Å²) in [6.45, 7) is 1.40. The van der Waals surface area contributed by atoms with Gasteiger partial charge in [-0.3, -0.25) is 9.59 Å². The lowest BCUT2D eigenvalue weighted by Gasteiger charge is -2.06. The van der Waals surface area contributed by atoms with E-state index in [1.54, 1.807) is 13.0 Å². The van der Waals surface area contributed by atoms with E-state index in [0.29, 0.717) is 10.5 Å². The Hall–Kier alpha value is -2.08. The number of rotatable bonds is 3. The largest absolute Gasteiger partial charge is 0.465 e. The molecule has 6 nitrogen and oxygen atoms in total. The number of carbonyl (C=O) groups is 1. The molecular formula is C12H11ClN2O4. The molecule has 0 aliphatic heterocycles. The number of aromatic nitrogens is 2. The molecule has 0 aliphatic carbocycles. The van der Waals surface area contributed by atoms with E-state index in [1.165, 1.54) is 12.1 Å². The van der Waals surface area contributed by atoms with Gasteiger partial charge in [0.15, 0.2) is 0 Å². The summed E-state index contributed by atoms with van der Waals surface area (Å²) in [7, 11) is 0. The van der Waals surface area contributed by atoms with Crippen LogP contribution in [0.15, 0.2) is 27.8 Å². The molecule has 0 radical (unpaired) electrons. The molecule has 2 rings (SSSR count). The summed E-state index contributed by atoms with van der Waals surface area (Å²) in [4.78, 5) is 37.7. The second-order valence-electron chi connectivity index (χ2n) is 3.82. The fourth-order valence-electron chi connectivity index (χ4n) is 1.70. The van der Waals surface area contributed by atoms with Crippen molar-refractivity contribution < 1.29 is 9.53 Å². The van der Waals surface area contributed by atoms with Crippen LogP contribution < -0.4 is 11.2 Å². The molecule has 7 heteroatoms. The number of aromatic amines is 1. The van der Waals surface area contributed by atoms with E-state index in [0.717, 1.165) is 4.57 Å². The highest BCUT2D eigenvalue weighted by Gasteiger charge is 2.12. The minimum atomic E-state index is -0.659. The minimum absolute atomic E-state index is 0.185. The zero-order valence-corrected chi connectivity index (χ0v) is 10.9. The first-order valence-electron chi connectivity index (χ1n) is 5.61. The molecule has 0 atom stereocenters. The number of esters is 1. The van der Waals surface area contributed by atoms with E-state index in [1.807, 2.05) is 0 Å². The fourth-order valence-corrected chi connectivity index (χ4v) is 1.87. The van der Waals surface area contributed by atoms with Crippen molar-refractivity contribution in [3.05, 3.63) is 44.1 Å². The number of fused-ring (bicyclic) bond motifs is 1. The number of hydrogen-bond acceptors (Lipinski definition) is 4. The smallest absolute Gasteiger partial charge is 0.329 e. The van der Waals surface area contributed by atoms with Crippen LogP contribution >= 0.6 is 11.6 Å². The molecule has 1 aromatic heterocycles. The molecule has 19 heavy (non-hydrogen) atoms. The summed E-state index contributed by atoms with van der Waals surface area (Å²) in [6, 6.07) is 4.54. The number of carbonyl (C=O) groups excluding carboxylic acids is 1. The van der Waals surface area contributed by atoms with E-state index >= 15 is 0 Å². The third kappa shape index (κ3) is 2.68. The Bertz CT molecular complexity index is 747. The highest BCUT2D eigenvalue weighted by atomic mass is 35.5. The monoisotopic (exact) mass is 282 g/mol. The Morgan fingerprint density at radius 1 is 1.42 bits per heavy atom. The predicted octanol–water partition coefficient (Wildman–Crippen LogP) is 0.906. The zero-order valence-electron chi connectivity index (χ0n) is 10.1. The molecule has 1 aromatic carbocycles. The zero-order chi connectivity index (χ0) is 14.0. The third-order valence-electron chi connectivity index (χ3n) is 2.54. The van der Waals surface area contributed by atoms with E-state index in [9.17, 15) is 14.4 Å². The van der Waals surface area contributed by atoms with Gasteiger partial charge in [0, 0.05) is 5.02 Å². The first kappa shape index (κ1) is 13.4. The first-order chi connectivity index (χ1) is 9.02.